The molecule has 2 heterocycles. The standard InChI is InChI=1S/C19H24N4/c1-2-9-23-10-4-3-8-18(23)19(20)16-7-5-6-15(11-16)17-12-21-14-22-13-17/h2,5-7,11-14,18-19H,1,3-4,8-10,20H2/t18-,19?/m0/s1. The minimum atomic E-state index is 0.0137. The third-order valence-corrected chi connectivity index (χ3v) is 4.61. The van der Waals surface area contributed by atoms with Gasteiger partial charge in [-0.25, -0.2) is 9.97 Å². The first-order valence-electron chi connectivity index (χ1n) is 8.25. The van der Waals surface area contributed by atoms with Crippen molar-refractivity contribution in [2.75, 3.05) is 13.1 Å². The molecule has 1 aliphatic heterocycles. The van der Waals surface area contributed by atoms with E-state index in [9.17, 15) is 0 Å². The summed E-state index contributed by atoms with van der Waals surface area (Å²) in [5, 5.41) is 0. The van der Waals surface area contributed by atoms with Crippen LogP contribution in [0.5, 0.6) is 0 Å². The first-order chi connectivity index (χ1) is 11.3. The van der Waals surface area contributed by atoms with Crippen molar-refractivity contribution in [1.29, 1.82) is 0 Å². The predicted molar refractivity (Wildman–Crippen MR) is 93.8 cm³/mol. The molecule has 1 saturated heterocycles. The van der Waals surface area contributed by atoms with E-state index < -0.39 is 0 Å². The van der Waals surface area contributed by atoms with Gasteiger partial charge in [0.2, 0.25) is 0 Å². The van der Waals surface area contributed by atoms with Crippen molar-refractivity contribution in [3.63, 3.8) is 0 Å². The van der Waals surface area contributed by atoms with E-state index in [-0.39, 0.29) is 6.04 Å². The summed E-state index contributed by atoms with van der Waals surface area (Å²) in [6.07, 6.45) is 10.8. The van der Waals surface area contributed by atoms with Gasteiger partial charge in [-0.2, -0.15) is 0 Å². The third-order valence-electron chi connectivity index (χ3n) is 4.61. The van der Waals surface area contributed by atoms with Crippen LogP contribution in [0.3, 0.4) is 0 Å². The van der Waals surface area contributed by atoms with Crippen molar-refractivity contribution in [1.82, 2.24) is 14.9 Å². The van der Waals surface area contributed by atoms with Gasteiger partial charge in [0.25, 0.3) is 0 Å². The Kier molecular flexibility index (Phi) is 5.16. The molecule has 0 saturated carbocycles. The van der Waals surface area contributed by atoms with Crippen LogP contribution in [0.25, 0.3) is 11.1 Å². The second kappa shape index (κ2) is 7.49. The molecular formula is C19H24N4. The average molecular weight is 308 g/mol. The average Bonchev–Trinajstić information content (AvgIpc) is 2.63. The molecule has 0 spiro atoms. The molecule has 2 N–H and O–H groups in total. The van der Waals surface area contributed by atoms with Gasteiger partial charge in [-0.1, -0.05) is 30.7 Å². The molecule has 1 aromatic heterocycles. The molecule has 0 radical (unpaired) electrons. The van der Waals surface area contributed by atoms with Crippen molar-refractivity contribution in [3.8, 4) is 11.1 Å². The predicted octanol–water partition coefficient (Wildman–Crippen LogP) is 3.18. The molecule has 4 nitrogen and oxygen atoms in total. The maximum Gasteiger partial charge on any atom is 0.115 e. The van der Waals surface area contributed by atoms with Crippen LogP contribution in [0, 0.1) is 0 Å². The van der Waals surface area contributed by atoms with E-state index in [1.54, 1.807) is 6.33 Å². The monoisotopic (exact) mass is 308 g/mol. The summed E-state index contributed by atoms with van der Waals surface area (Å²) in [6, 6.07) is 8.84. The lowest BCUT2D eigenvalue weighted by atomic mass is 9.90. The molecule has 23 heavy (non-hydrogen) atoms. The Morgan fingerprint density at radius 2 is 2.09 bits per heavy atom. The zero-order valence-corrected chi connectivity index (χ0v) is 13.4. The van der Waals surface area contributed by atoms with E-state index in [1.807, 2.05) is 18.5 Å². The molecule has 120 valence electrons. The second-order valence-corrected chi connectivity index (χ2v) is 6.13. The minimum Gasteiger partial charge on any atom is -0.323 e. The number of hydrogen-bond donors (Lipinski definition) is 1. The number of hydrogen-bond acceptors (Lipinski definition) is 4. The first-order valence-corrected chi connectivity index (χ1v) is 8.25. The van der Waals surface area contributed by atoms with Crippen LogP contribution >= 0.6 is 0 Å². The second-order valence-electron chi connectivity index (χ2n) is 6.13. The van der Waals surface area contributed by atoms with Crippen LogP contribution in [0.1, 0.15) is 30.9 Å². The lowest BCUT2D eigenvalue weighted by Crippen LogP contribution is -2.45. The van der Waals surface area contributed by atoms with Gasteiger partial charge in [-0.05, 0) is 36.6 Å². The fourth-order valence-corrected chi connectivity index (χ4v) is 3.41. The summed E-state index contributed by atoms with van der Waals surface area (Å²) in [7, 11) is 0. The molecule has 1 aromatic carbocycles. The molecule has 2 atom stereocenters. The van der Waals surface area contributed by atoms with Gasteiger partial charge in [0, 0.05) is 36.6 Å². The molecule has 0 bridgehead atoms. The Morgan fingerprint density at radius 1 is 1.26 bits per heavy atom. The molecule has 0 aliphatic carbocycles. The highest BCUT2D eigenvalue weighted by atomic mass is 15.2. The normalized spacial score (nSPS) is 20.1. The molecule has 3 rings (SSSR count). The first kappa shape index (κ1) is 15.8. The number of aromatic nitrogens is 2. The Labute approximate surface area is 138 Å². The number of nitrogens with two attached hydrogens (primary N) is 1. The number of rotatable bonds is 5. The summed E-state index contributed by atoms with van der Waals surface area (Å²) < 4.78 is 0. The zero-order valence-electron chi connectivity index (χ0n) is 13.4. The summed E-state index contributed by atoms with van der Waals surface area (Å²) in [4.78, 5) is 10.7. The highest BCUT2D eigenvalue weighted by molar-refractivity contribution is 5.62. The quantitative estimate of drug-likeness (QED) is 0.862. The van der Waals surface area contributed by atoms with Crippen LogP contribution < -0.4 is 5.73 Å². The van der Waals surface area contributed by atoms with Crippen LogP contribution in [0.2, 0.25) is 0 Å². The van der Waals surface area contributed by atoms with Gasteiger partial charge in [-0.3, -0.25) is 4.90 Å². The SMILES string of the molecule is C=CCN1CCCC[C@H]1C(N)c1cccc(-c2cncnc2)c1. The fraction of sp³-hybridized carbons (Fsp3) is 0.368. The molecule has 1 aliphatic rings. The highest BCUT2D eigenvalue weighted by Crippen LogP contribution is 2.29. The molecule has 4 heteroatoms. The van der Waals surface area contributed by atoms with E-state index in [0.29, 0.717) is 6.04 Å². The van der Waals surface area contributed by atoms with Gasteiger partial charge < -0.3 is 5.73 Å². The summed E-state index contributed by atoms with van der Waals surface area (Å²) >= 11 is 0. The van der Waals surface area contributed by atoms with Crippen LogP contribution in [0.4, 0.5) is 0 Å². The maximum atomic E-state index is 6.63. The molecule has 1 fully saturated rings. The highest BCUT2D eigenvalue weighted by Gasteiger charge is 2.27. The number of benzene rings is 1. The smallest absolute Gasteiger partial charge is 0.115 e. The lowest BCUT2D eigenvalue weighted by Gasteiger charge is -2.38. The molecule has 2 aromatic rings. The van der Waals surface area contributed by atoms with Crippen molar-refractivity contribution < 1.29 is 0 Å². The van der Waals surface area contributed by atoms with Gasteiger partial charge in [-0.15, -0.1) is 6.58 Å². The Bertz CT molecular complexity index is 641. The van der Waals surface area contributed by atoms with Gasteiger partial charge in [0.05, 0.1) is 0 Å². The third kappa shape index (κ3) is 3.66. The van der Waals surface area contributed by atoms with E-state index in [1.165, 1.54) is 18.4 Å². The van der Waals surface area contributed by atoms with Crippen molar-refractivity contribution in [2.45, 2.75) is 31.3 Å². The van der Waals surface area contributed by atoms with Crippen LogP contribution in [-0.2, 0) is 0 Å². The largest absolute Gasteiger partial charge is 0.323 e. The van der Waals surface area contributed by atoms with Crippen molar-refractivity contribution >= 4 is 0 Å². The maximum absolute atomic E-state index is 6.63. The number of nitrogens with zero attached hydrogens (tertiary/aromatic N) is 3. The van der Waals surface area contributed by atoms with E-state index in [4.69, 9.17) is 5.73 Å². The zero-order chi connectivity index (χ0) is 16.1. The van der Waals surface area contributed by atoms with E-state index in [0.717, 1.165) is 30.6 Å². The van der Waals surface area contributed by atoms with Gasteiger partial charge in [0.1, 0.15) is 6.33 Å². The lowest BCUT2D eigenvalue weighted by molar-refractivity contribution is 0.141. The van der Waals surface area contributed by atoms with E-state index >= 15 is 0 Å². The Balaban J connectivity index is 1.84. The summed E-state index contributed by atoms with van der Waals surface area (Å²) in [5.74, 6) is 0. The summed E-state index contributed by atoms with van der Waals surface area (Å²) in [5.41, 5.74) is 9.94. The topological polar surface area (TPSA) is 55.0 Å². The number of likely N-dealkylation sites (tertiary alicyclic amines) is 1. The Morgan fingerprint density at radius 3 is 2.87 bits per heavy atom. The molecule has 1 unspecified atom stereocenters. The van der Waals surface area contributed by atoms with E-state index in [2.05, 4.69) is 45.7 Å². The van der Waals surface area contributed by atoms with Crippen molar-refractivity contribution in [2.24, 2.45) is 5.73 Å². The van der Waals surface area contributed by atoms with Crippen LogP contribution in [0.15, 0.2) is 55.6 Å². The minimum absolute atomic E-state index is 0.0137. The molecular weight excluding hydrogens is 284 g/mol. The summed E-state index contributed by atoms with van der Waals surface area (Å²) in [6.45, 7) is 5.89. The molecule has 0 amide bonds. The van der Waals surface area contributed by atoms with Crippen LogP contribution in [-0.4, -0.2) is 34.0 Å². The van der Waals surface area contributed by atoms with Gasteiger partial charge in [0.15, 0.2) is 0 Å². The number of piperidine rings is 1. The Hall–Kier alpha value is -2.04. The van der Waals surface area contributed by atoms with Crippen molar-refractivity contribution in [3.05, 3.63) is 61.2 Å². The fourth-order valence-electron chi connectivity index (χ4n) is 3.41. The van der Waals surface area contributed by atoms with Gasteiger partial charge >= 0.3 is 0 Å².